The molecule has 0 aromatic carbocycles. The highest BCUT2D eigenvalue weighted by Crippen LogP contribution is 2.41. The zero-order chi connectivity index (χ0) is 10.4. The van der Waals surface area contributed by atoms with Gasteiger partial charge in [0.1, 0.15) is 5.69 Å². The van der Waals surface area contributed by atoms with Gasteiger partial charge in [-0.3, -0.25) is 5.10 Å². The molecule has 0 saturated carbocycles. The van der Waals surface area contributed by atoms with Crippen LogP contribution >= 0.6 is 22.7 Å². The third kappa shape index (κ3) is 1.25. The van der Waals surface area contributed by atoms with Gasteiger partial charge in [0.2, 0.25) is 0 Å². The van der Waals surface area contributed by atoms with E-state index in [1.807, 2.05) is 34.9 Å². The maximum atomic E-state index is 4.24. The number of thiophene rings is 2. The first-order valence-electron chi connectivity index (χ1n) is 4.74. The third-order valence-corrected chi connectivity index (χ3v) is 5.12. The van der Waals surface area contributed by atoms with Crippen LogP contribution in [-0.2, 0) is 0 Å². The lowest BCUT2D eigenvalue weighted by Gasteiger charge is -1.93. The molecule has 0 aliphatic heterocycles. The van der Waals surface area contributed by atoms with E-state index in [1.165, 1.54) is 25.4 Å². The average molecular weight is 234 g/mol. The van der Waals surface area contributed by atoms with Gasteiger partial charge in [0.25, 0.3) is 0 Å². The Balaban J connectivity index is 2.33. The molecule has 15 heavy (non-hydrogen) atoms. The number of rotatable bonds is 1. The molecule has 0 radical (unpaired) electrons. The first kappa shape index (κ1) is 9.12. The number of aromatic nitrogens is 2. The lowest BCUT2D eigenvalue weighted by atomic mass is 10.1. The van der Waals surface area contributed by atoms with Crippen LogP contribution < -0.4 is 0 Å². The number of H-pyrrole nitrogens is 1. The van der Waals surface area contributed by atoms with Crippen LogP contribution in [0.2, 0.25) is 0 Å². The summed E-state index contributed by atoms with van der Waals surface area (Å²) < 4.78 is 1.41. The minimum absolute atomic E-state index is 1.06. The molecular formula is C11H10N2S2. The van der Waals surface area contributed by atoms with Gasteiger partial charge in [-0.15, -0.1) is 22.7 Å². The van der Waals surface area contributed by atoms with E-state index >= 15 is 0 Å². The topological polar surface area (TPSA) is 28.7 Å². The van der Waals surface area contributed by atoms with E-state index in [0.717, 1.165) is 5.69 Å². The van der Waals surface area contributed by atoms with Gasteiger partial charge in [-0.1, -0.05) is 0 Å². The molecule has 0 amide bonds. The number of hydrogen-bond donors (Lipinski definition) is 1. The summed E-state index contributed by atoms with van der Waals surface area (Å²) in [7, 11) is 0. The fourth-order valence-corrected chi connectivity index (χ4v) is 4.35. The number of aryl methyl sites for hydroxylation is 2. The minimum atomic E-state index is 1.06. The maximum absolute atomic E-state index is 4.24. The highest BCUT2D eigenvalue weighted by atomic mass is 32.2. The van der Waals surface area contributed by atoms with Crippen molar-refractivity contribution in [2.24, 2.45) is 0 Å². The van der Waals surface area contributed by atoms with Crippen molar-refractivity contribution in [3.8, 4) is 10.6 Å². The van der Waals surface area contributed by atoms with Gasteiger partial charge in [0.15, 0.2) is 0 Å². The van der Waals surface area contributed by atoms with E-state index in [-0.39, 0.29) is 0 Å². The second-order valence-corrected chi connectivity index (χ2v) is 5.76. The largest absolute Gasteiger partial charge is 0.285 e. The Labute approximate surface area is 95.6 Å². The van der Waals surface area contributed by atoms with Crippen molar-refractivity contribution in [2.45, 2.75) is 13.8 Å². The SMILES string of the molecule is Cc1csc2sc(-c3cc[nH]n3)c(C)c12. The molecule has 1 N–H and O–H groups in total. The monoisotopic (exact) mass is 234 g/mol. The molecule has 0 fully saturated rings. The molecule has 0 aliphatic rings. The first-order chi connectivity index (χ1) is 7.27. The van der Waals surface area contributed by atoms with Crippen molar-refractivity contribution < 1.29 is 0 Å². The summed E-state index contributed by atoms with van der Waals surface area (Å²) in [5.41, 5.74) is 3.80. The first-order valence-corrected chi connectivity index (χ1v) is 6.44. The van der Waals surface area contributed by atoms with Crippen molar-refractivity contribution in [1.29, 1.82) is 0 Å². The maximum Gasteiger partial charge on any atom is 0.102 e. The third-order valence-electron chi connectivity index (χ3n) is 2.58. The zero-order valence-corrected chi connectivity index (χ0v) is 10.1. The van der Waals surface area contributed by atoms with Crippen LogP contribution in [0.4, 0.5) is 0 Å². The number of nitrogens with zero attached hydrogens (tertiary/aromatic N) is 1. The molecule has 2 nitrogen and oxygen atoms in total. The Kier molecular flexibility index (Phi) is 1.94. The Bertz CT molecular complexity index is 602. The number of aromatic amines is 1. The van der Waals surface area contributed by atoms with E-state index in [4.69, 9.17) is 0 Å². The lowest BCUT2D eigenvalue weighted by molar-refractivity contribution is 1.10. The molecule has 3 aromatic rings. The van der Waals surface area contributed by atoms with Crippen LogP contribution in [0, 0.1) is 13.8 Å². The fraction of sp³-hybridized carbons (Fsp3) is 0.182. The van der Waals surface area contributed by atoms with Gasteiger partial charge in [0.05, 0.1) is 8.89 Å². The fourth-order valence-electron chi connectivity index (χ4n) is 1.86. The van der Waals surface area contributed by atoms with Crippen LogP contribution in [0.15, 0.2) is 17.6 Å². The van der Waals surface area contributed by atoms with Gasteiger partial charge in [-0.2, -0.15) is 5.10 Å². The second kappa shape index (κ2) is 3.18. The summed E-state index contributed by atoms with van der Waals surface area (Å²) in [6.07, 6.45) is 1.87. The molecule has 0 atom stereocenters. The molecule has 4 heteroatoms. The zero-order valence-electron chi connectivity index (χ0n) is 8.50. The molecule has 76 valence electrons. The van der Waals surface area contributed by atoms with Crippen molar-refractivity contribution in [1.82, 2.24) is 10.2 Å². The summed E-state index contributed by atoms with van der Waals surface area (Å²) in [5, 5.41) is 10.8. The molecule has 0 unspecified atom stereocenters. The van der Waals surface area contributed by atoms with Crippen LogP contribution in [-0.4, -0.2) is 10.2 Å². The highest BCUT2D eigenvalue weighted by Gasteiger charge is 2.14. The normalized spacial score (nSPS) is 11.3. The van der Waals surface area contributed by atoms with Gasteiger partial charge in [-0.05, 0) is 36.4 Å². The molecule has 0 spiro atoms. The van der Waals surface area contributed by atoms with E-state index in [2.05, 4.69) is 29.4 Å². The standard InChI is InChI=1S/C11H10N2S2/c1-6-5-14-11-9(6)7(2)10(15-11)8-3-4-12-13-8/h3-5H,1-2H3,(H,12,13). The van der Waals surface area contributed by atoms with Gasteiger partial charge in [0, 0.05) is 11.6 Å². The predicted molar refractivity (Wildman–Crippen MR) is 66.8 cm³/mol. The molecular weight excluding hydrogens is 224 g/mol. The molecule has 0 saturated heterocycles. The number of nitrogens with one attached hydrogen (secondary N) is 1. The number of hydrogen-bond acceptors (Lipinski definition) is 3. The Morgan fingerprint density at radius 1 is 1.33 bits per heavy atom. The van der Waals surface area contributed by atoms with Crippen molar-refractivity contribution in [2.75, 3.05) is 0 Å². The van der Waals surface area contributed by atoms with E-state index in [1.54, 1.807) is 0 Å². The van der Waals surface area contributed by atoms with Gasteiger partial charge < -0.3 is 0 Å². The average Bonchev–Trinajstić information content (AvgIpc) is 2.86. The van der Waals surface area contributed by atoms with Crippen LogP contribution in [0.5, 0.6) is 0 Å². The summed E-state index contributed by atoms with van der Waals surface area (Å²) in [5.74, 6) is 0. The summed E-state index contributed by atoms with van der Waals surface area (Å²) in [6, 6.07) is 2.03. The highest BCUT2D eigenvalue weighted by molar-refractivity contribution is 7.39. The van der Waals surface area contributed by atoms with Crippen molar-refractivity contribution in [3.63, 3.8) is 0 Å². The van der Waals surface area contributed by atoms with Crippen molar-refractivity contribution in [3.05, 3.63) is 28.8 Å². The quantitative estimate of drug-likeness (QED) is 0.678. The second-order valence-electron chi connectivity index (χ2n) is 3.60. The van der Waals surface area contributed by atoms with Crippen LogP contribution in [0.25, 0.3) is 20.0 Å². The predicted octanol–water partition coefficient (Wildman–Crippen LogP) is 3.97. The van der Waals surface area contributed by atoms with Crippen molar-refractivity contribution >= 4 is 32.1 Å². The number of fused-ring (bicyclic) bond motifs is 1. The molecule has 3 rings (SSSR count). The smallest absolute Gasteiger partial charge is 0.102 e. The molecule has 3 heterocycles. The van der Waals surface area contributed by atoms with Gasteiger partial charge in [-0.25, -0.2) is 0 Å². The molecule has 0 bridgehead atoms. The van der Waals surface area contributed by atoms with E-state index in [0.29, 0.717) is 0 Å². The molecule has 3 aromatic heterocycles. The summed E-state index contributed by atoms with van der Waals surface area (Å²) >= 11 is 3.67. The minimum Gasteiger partial charge on any atom is -0.285 e. The van der Waals surface area contributed by atoms with Crippen LogP contribution in [0.1, 0.15) is 11.1 Å². The summed E-state index contributed by atoms with van der Waals surface area (Å²) in [4.78, 5) is 1.29. The van der Waals surface area contributed by atoms with E-state index in [9.17, 15) is 0 Å². The van der Waals surface area contributed by atoms with Gasteiger partial charge >= 0.3 is 0 Å². The Hall–Kier alpha value is -1.13. The Morgan fingerprint density at radius 3 is 2.87 bits per heavy atom. The van der Waals surface area contributed by atoms with Crippen LogP contribution in [0.3, 0.4) is 0 Å². The van der Waals surface area contributed by atoms with E-state index < -0.39 is 0 Å². The Morgan fingerprint density at radius 2 is 2.20 bits per heavy atom. The lowest BCUT2D eigenvalue weighted by Crippen LogP contribution is -1.77. The molecule has 0 aliphatic carbocycles. The summed E-state index contributed by atoms with van der Waals surface area (Å²) in [6.45, 7) is 4.36.